The van der Waals surface area contributed by atoms with Crippen LogP contribution in [0, 0.1) is 0 Å². The van der Waals surface area contributed by atoms with Crippen molar-refractivity contribution in [3.05, 3.63) is 0 Å². The standard InChI is InChI=1S/C2H6N6O2/c3-2(1(9)10)5-6-7-8(2)4/h3-4H2,(H,5,7)(H,9,10). The Morgan fingerprint density at radius 1 is 1.80 bits per heavy atom. The lowest BCUT2D eigenvalue weighted by Crippen LogP contribution is -2.63. The van der Waals surface area contributed by atoms with E-state index in [1.54, 1.807) is 0 Å². The van der Waals surface area contributed by atoms with Crippen molar-refractivity contribution < 1.29 is 9.90 Å². The number of hydrogen-bond acceptors (Lipinski definition) is 7. The summed E-state index contributed by atoms with van der Waals surface area (Å²) in [5, 5.41) is 15.2. The molecule has 0 aromatic rings. The topological polar surface area (TPSA) is 129 Å². The second kappa shape index (κ2) is 1.87. The number of hydrazine groups is 2. The minimum atomic E-state index is -1.97. The van der Waals surface area contributed by atoms with Gasteiger partial charge in [-0.1, -0.05) is 10.3 Å². The van der Waals surface area contributed by atoms with Crippen LogP contribution in [-0.4, -0.2) is 22.0 Å². The normalized spacial score (nSPS) is 32.2. The number of aliphatic carboxylic acids is 1. The van der Waals surface area contributed by atoms with E-state index < -0.39 is 11.8 Å². The minimum absolute atomic E-state index is 0.593. The van der Waals surface area contributed by atoms with Crippen LogP contribution in [0.1, 0.15) is 0 Å². The number of nitrogens with two attached hydrogens (primary N) is 2. The molecule has 0 spiro atoms. The maximum atomic E-state index is 10.3. The van der Waals surface area contributed by atoms with Crippen LogP contribution in [0.2, 0.25) is 0 Å². The predicted molar refractivity (Wildman–Crippen MR) is 28.6 cm³/mol. The highest BCUT2D eigenvalue weighted by Gasteiger charge is 2.43. The Morgan fingerprint density at radius 3 is 2.60 bits per heavy atom. The molecule has 0 amide bonds. The molecule has 8 nitrogen and oxygen atoms in total. The first kappa shape index (κ1) is 6.86. The summed E-state index contributed by atoms with van der Waals surface area (Å²) in [5.74, 6) is 1.70. The Labute approximate surface area is 55.4 Å². The molecule has 0 aromatic carbocycles. The van der Waals surface area contributed by atoms with Crippen molar-refractivity contribution in [3.8, 4) is 0 Å². The van der Waals surface area contributed by atoms with Crippen molar-refractivity contribution in [3.63, 3.8) is 0 Å². The van der Waals surface area contributed by atoms with Gasteiger partial charge in [0.2, 0.25) is 0 Å². The molecular formula is C2H6N6O2. The first-order valence-electron chi connectivity index (χ1n) is 2.32. The average Bonchev–Trinajstić information content (AvgIpc) is 2.15. The van der Waals surface area contributed by atoms with Gasteiger partial charge in [-0.25, -0.2) is 16.2 Å². The van der Waals surface area contributed by atoms with E-state index in [4.69, 9.17) is 16.7 Å². The van der Waals surface area contributed by atoms with E-state index in [1.807, 2.05) is 0 Å². The second-order valence-electron chi connectivity index (χ2n) is 1.70. The Kier molecular flexibility index (Phi) is 1.28. The van der Waals surface area contributed by atoms with Crippen LogP contribution in [0.25, 0.3) is 0 Å². The van der Waals surface area contributed by atoms with E-state index in [-0.39, 0.29) is 0 Å². The third-order valence-corrected chi connectivity index (χ3v) is 1.04. The van der Waals surface area contributed by atoms with Gasteiger partial charge in [0.05, 0.1) is 0 Å². The Hall–Kier alpha value is -1.25. The van der Waals surface area contributed by atoms with Gasteiger partial charge in [-0.2, -0.15) is 0 Å². The number of hydrogen-bond donors (Lipinski definition) is 4. The largest absolute Gasteiger partial charge is 0.477 e. The van der Waals surface area contributed by atoms with Crippen molar-refractivity contribution in [2.24, 2.45) is 21.9 Å². The molecule has 1 atom stereocenters. The number of rotatable bonds is 1. The van der Waals surface area contributed by atoms with Crippen LogP contribution < -0.4 is 17.1 Å². The maximum Gasteiger partial charge on any atom is 0.367 e. The predicted octanol–water partition coefficient (Wildman–Crippen LogP) is -2.26. The molecule has 0 saturated heterocycles. The van der Waals surface area contributed by atoms with Gasteiger partial charge in [0.1, 0.15) is 0 Å². The lowest BCUT2D eigenvalue weighted by molar-refractivity contribution is -0.151. The van der Waals surface area contributed by atoms with Crippen LogP contribution in [-0.2, 0) is 4.79 Å². The summed E-state index contributed by atoms with van der Waals surface area (Å²) in [6.45, 7) is 0. The third kappa shape index (κ3) is 0.708. The summed E-state index contributed by atoms with van der Waals surface area (Å²) in [5.41, 5.74) is 7.18. The van der Waals surface area contributed by atoms with Crippen LogP contribution >= 0.6 is 0 Å². The lowest BCUT2D eigenvalue weighted by atomic mass is 10.4. The summed E-state index contributed by atoms with van der Waals surface area (Å²) in [4.78, 5) is 10.3. The molecule has 0 radical (unpaired) electrons. The smallest absolute Gasteiger partial charge is 0.367 e. The van der Waals surface area contributed by atoms with E-state index in [0.717, 1.165) is 0 Å². The fourth-order valence-corrected chi connectivity index (χ4v) is 0.417. The molecule has 0 bridgehead atoms. The first-order valence-corrected chi connectivity index (χ1v) is 2.32. The molecular weight excluding hydrogens is 140 g/mol. The monoisotopic (exact) mass is 146 g/mol. The first-order chi connectivity index (χ1) is 4.57. The Balaban J connectivity index is 2.85. The molecule has 8 heteroatoms. The average molecular weight is 146 g/mol. The molecule has 56 valence electrons. The third-order valence-electron chi connectivity index (χ3n) is 1.04. The maximum absolute atomic E-state index is 10.3. The quantitative estimate of drug-likeness (QED) is 0.309. The lowest BCUT2D eigenvalue weighted by Gasteiger charge is -2.19. The number of nitrogens with one attached hydrogen (secondary N) is 1. The molecule has 1 aliphatic heterocycles. The van der Waals surface area contributed by atoms with E-state index in [2.05, 4.69) is 15.9 Å². The van der Waals surface area contributed by atoms with Gasteiger partial charge in [0.25, 0.3) is 0 Å². The summed E-state index contributed by atoms with van der Waals surface area (Å²) in [6.07, 6.45) is 0. The zero-order valence-corrected chi connectivity index (χ0v) is 4.85. The fourth-order valence-electron chi connectivity index (χ4n) is 0.417. The van der Waals surface area contributed by atoms with Gasteiger partial charge >= 0.3 is 11.8 Å². The Morgan fingerprint density at radius 2 is 2.40 bits per heavy atom. The summed E-state index contributed by atoms with van der Waals surface area (Å²) in [6, 6.07) is 0. The highest BCUT2D eigenvalue weighted by atomic mass is 16.4. The van der Waals surface area contributed by atoms with Crippen molar-refractivity contribution in [1.82, 2.24) is 10.7 Å². The molecule has 0 saturated carbocycles. The molecule has 1 rings (SSSR count). The van der Waals surface area contributed by atoms with E-state index in [1.165, 1.54) is 0 Å². The zero-order chi connectivity index (χ0) is 7.78. The summed E-state index contributed by atoms with van der Waals surface area (Å²) >= 11 is 0. The Bertz CT molecular complexity index is 190. The van der Waals surface area contributed by atoms with Crippen molar-refractivity contribution >= 4 is 5.97 Å². The minimum Gasteiger partial charge on any atom is -0.477 e. The summed E-state index contributed by atoms with van der Waals surface area (Å²) in [7, 11) is 0. The van der Waals surface area contributed by atoms with Crippen LogP contribution in [0.15, 0.2) is 10.3 Å². The van der Waals surface area contributed by atoms with E-state index in [9.17, 15) is 4.79 Å². The second-order valence-corrected chi connectivity index (χ2v) is 1.70. The van der Waals surface area contributed by atoms with E-state index in [0.29, 0.717) is 5.12 Å². The molecule has 0 fully saturated rings. The highest BCUT2D eigenvalue weighted by molar-refractivity contribution is 5.77. The van der Waals surface area contributed by atoms with Gasteiger partial charge in [-0.05, 0) is 0 Å². The molecule has 6 N–H and O–H groups in total. The molecule has 1 heterocycles. The van der Waals surface area contributed by atoms with Crippen molar-refractivity contribution in [1.29, 1.82) is 0 Å². The van der Waals surface area contributed by atoms with Crippen molar-refractivity contribution in [2.75, 3.05) is 0 Å². The van der Waals surface area contributed by atoms with Crippen LogP contribution in [0.4, 0.5) is 0 Å². The molecule has 1 aliphatic rings. The molecule has 0 aliphatic carbocycles. The van der Waals surface area contributed by atoms with Crippen LogP contribution in [0.3, 0.4) is 0 Å². The van der Waals surface area contributed by atoms with Gasteiger partial charge in [-0.15, -0.1) is 5.11 Å². The fraction of sp³-hybridized carbons (Fsp3) is 0.500. The molecule has 1 unspecified atom stereocenters. The SMILES string of the molecule is NN1NN=NC1(N)C(=O)O. The molecule has 10 heavy (non-hydrogen) atoms. The van der Waals surface area contributed by atoms with Gasteiger partial charge in [0, 0.05) is 0 Å². The zero-order valence-electron chi connectivity index (χ0n) is 4.85. The molecule has 0 aromatic heterocycles. The number of carbonyl (C=O) groups is 1. The number of carboxylic acid groups (broad SMARTS) is 1. The number of carboxylic acids is 1. The van der Waals surface area contributed by atoms with Gasteiger partial charge in [-0.3, -0.25) is 5.73 Å². The number of nitrogens with zero attached hydrogens (tertiary/aromatic N) is 3. The van der Waals surface area contributed by atoms with Gasteiger partial charge < -0.3 is 5.11 Å². The summed E-state index contributed by atoms with van der Waals surface area (Å²) < 4.78 is 0. The van der Waals surface area contributed by atoms with Gasteiger partial charge in [0.15, 0.2) is 0 Å². The highest BCUT2D eigenvalue weighted by Crippen LogP contribution is 2.09. The van der Waals surface area contributed by atoms with E-state index >= 15 is 0 Å². The van der Waals surface area contributed by atoms with Crippen molar-refractivity contribution in [2.45, 2.75) is 5.79 Å². The van der Waals surface area contributed by atoms with Crippen LogP contribution in [0.5, 0.6) is 0 Å².